The Kier molecular flexibility index (Phi) is 5.02. The molecule has 0 saturated heterocycles. The number of hydrogen-bond acceptors (Lipinski definition) is 5. The van der Waals surface area contributed by atoms with Gasteiger partial charge in [0.15, 0.2) is 0 Å². The molecule has 1 aliphatic heterocycles. The molecule has 0 amide bonds. The Bertz CT molecular complexity index is 1250. The summed E-state index contributed by atoms with van der Waals surface area (Å²) in [6.07, 6.45) is 0. The van der Waals surface area contributed by atoms with E-state index in [1.165, 1.54) is 0 Å². The molecule has 4 rings (SSSR count). The Morgan fingerprint density at radius 1 is 1.30 bits per heavy atom. The topological polar surface area (TPSA) is 78.5 Å². The summed E-state index contributed by atoms with van der Waals surface area (Å²) in [6.45, 7) is 4.05. The number of aliphatic hydroxyl groups is 1. The van der Waals surface area contributed by atoms with Crippen molar-refractivity contribution in [1.82, 2.24) is 9.97 Å². The molecule has 0 atom stereocenters. The van der Waals surface area contributed by atoms with Gasteiger partial charge in [0.2, 0.25) is 0 Å². The van der Waals surface area contributed by atoms with Gasteiger partial charge in [0, 0.05) is 34.8 Å². The predicted octanol–water partition coefficient (Wildman–Crippen LogP) is 2.99. The van der Waals surface area contributed by atoms with Gasteiger partial charge in [-0.3, -0.25) is 0 Å². The fourth-order valence-corrected chi connectivity index (χ4v) is 3.36. The Balaban J connectivity index is 1.95. The monoisotopic (exact) mass is 411 g/mol. The minimum atomic E-state index is -1.17. The van der Waals surface area contributed by atoms with E-state index in [1.807, 2.05) is 6.07 Å². The van der Waals surface area contributed by atoms with Gasteiger partial charge in [0.05, 0.1) is 18.7 Å². The Morgan fingerprint density at radius 2 is 2.10 bits per heavy atom. The summed E-state index contributed by atoms with van der Waals surface area (Å²) < 4.78 is 34.0. The zero-order chi connectivity index (χ0) is 21.5. The average molecular weight is 411 g/mol. The summed E-state index contributed by atoms with van der Waals surface area (Å²) in [7, 11) is 0. The molecule has 0 aliphatic carbocycles. The van der Waals surface area contributed by atoms with Crippen molar-refractivity contribution in [2.24, 2.45) is 0 Å². The highest BCUT2D eigenvalue weighted by molar-refractivity contribution is 5.92. The van der Waals surface area contributed by atoms with Crippen LogP contribution in [-0.4, -0.2) is 33.8 Å². The highest BCUT2D eigenvalue weighted by Gasteiger charge is 2.23. The first-order chi connectivity index (χ1) is 14.2. The van der Waals surface area contributed by atoms with Crippen LogP contribution in [-0.2, 0) is 11.3 Å². The van der Waals surface area contributed by atoms with E-state index in [4.69, 9.17) is 4.74 Å². The standard InChI is InChI=1S/C22H19F2N3O3/c1-22(2,29)7-6-13-4-3-5-18-16(13)12-30-9-8-27(18)20-15-10-14(23)11-17(24)19(15)25-21(28)26-20/h3-5,10-11,29H,8-9,12H2,1-2H3,(H,25,26,28). The second-order valence-corrected chi connectivity index (χ2v) is 7.49. The van der Waals surface area contributed by atoms with E-state index in [0.717, 1.165) is 11.6 Å². The van der Waals surface area contributed by atoms with Gasteiger partial charge in [-0.25, -0.2) is 13.6 Å². The van der Waals surface area contributed by atoms with Crippen molar-refractivity contribution in [1.29, 1.82) is 0 Å². The van der Waals surface area contributed by atoms with Crippen molar-refractivity contribution in [2.45, 2.75) is 26.1 Å². The van der Waals surface area contributed by atoms with Crippen molar-refractivity contribution in [3.63, 3.8) is 0 Å². The molecule has 0 saturated carbocycles. The fraction of sp³-hybridized carbons (Fsp3) is 0.273. The molecule has 30 heavy (non-hydrogen) atoms. The molecular weight excluding hydrogens is 392 g/mol. The van der Waals surface area contributed by atoms with Gasteiger partial charge in [-0.1, -0.05) is 17.9 Å². The van der Waals surface area contributed by atoms with Crippen LogP contribution in [0, 0.1) is 23.5 Å². The molecule has 1 aromatic heterocycles. The van der Waals surface area contributed by atoms with Crippen LogP contribution < -0.4 is 10.6 Å². The quantitative estimate of drug-likeness (QED) is 0.602. The van der Waals surface area contributed by atoms with E-state index in [-0.39, 0.29) is 23.3 Å². The lowest BCUT2D eigenvalue weighted by Crippen LogP contribution is -2.25. The van der Waals surface area contributed by atoms with Gasteiger partial charge in [0.1, 0.15) is 23.1 Å². The van der Waals surface area contributed by atoms with E-state index in [9.17, 15) is 18.7 Å². The van der Waals surface area contributed by atoms with Gasteiger partial charge in [-0.2, -0.15) is 4.98 Å². The number of aromatic amines is 1. The fourth-order valence-electron chi connectivity index (χ4n) is 3.36. The SMILES string of the molecule is CC(C)(O)C#Cc1cccc2c1COCCN2c1nc(=O)[nH]c2c(F)cc(F)cc12. The normalized spacial score (nSPS) is 14.1. The maximum Gasteiger partial charge on any atom is 0.347 e. The minimum absolute atomic E-state index is 0.115. The largest absolute Gasteiger partial charge is 0.378 e. The number of rotatable bonds is 1. The number of ether oxygens (including phenoxy) is 1. The minimum Gasteiger partial charge on any atom is -0.378 e. The van der Waals surface area contributed by atoms with Crippen LogP contribution in [0.15, 0.2) is 35.1 Å². The Labute approximate surface area is 171 Å². The number of nitrogens with zero attached hydrogens (tertiary/aromatic N) is 2. The summed E-state index contributed by atoms with van der Waals surface area (Å²) >= 11 is 0. The first-order valence-electron chi connectivity index (χ1n) is 9.35. The van der Waals surface area contributed by atoms with E-state index in [1.54, 1.807) is 30.9 Å². The molecule has 0 spiro atoms. The summed E-state index contributed by atoms with van der Waals surface area (Å²) in [4.78, 5) is 20.2. The molecule has 0 fully saturated rings. The van der Waals surface area contributed by atoms with E-state index in [0.29, 0.717) is 30.5 Å². The number of halogens is 2. The number of hydrogen-bond donors (Lipinski definition) is 2. The number of aromatic nitrogens is 2. The van der Waals surface area contributed by atoms with Gasteiger partial charge in [-0.15, -0.1) is 0 Å². The van der Waals surface area contributed by atoms with E-state index < -0.39 is 22.9 Å². The van der Waals surface area contributed by atoms with Crippen LogP contribution in [0.25, 0.3) is 10.9 Å². The van der Waals surface area contributed by atoms with Gasteiger partial charge in [0.25, 0.3) is 0 Å². The summed E-state index contributed by atoms with van der Waals surface area (Å²) in [5.41, 5.74) is 0.0165. The third-order valence-electron chi connectivity index (χ3n) is 4.64. The van der Waals surface area contributed by atoms with E-state index >= 15 is 0 Å². The molecule has 6 nitrogen and oxygen atoms in total. The molecule has 3 aromatic rings. The molecule has 1 aliphatic rings. The van der Waals surface area contributed by atoms with Crippen molar-refractivity contribution >= 4 is 22.4 Å². The number of nitrogens with one attached hydrogen (secondary N) is 1. The lowest BCUT2D eigenvalue weighted by molar-refractivity contribution is 0.133. The first-order valence-corrected chi connectivity index (χ1v) is 9.35. The second kappa shape index (κ2) is 7.52. The lowest BCUT2D eigenvalue weighted by Gasteiger charge is -2.24. The summed E-state index contributed by atoms with van der Waals surface area (Å²) in [5.74, 6) is 4.23. The molecular formula is C22H19F2N3O3. The zero-order valence-corrected chi connectivity index (χ0v) is 16.4. The molecule has 2 N–H and O–H groups in total. The highest BCUT2D eigenvalue weighted by atomic mass is 19.1. The smallest absolute Gasteiger partial charge is 0.347 e. The van der Waals surface area contributed by atoms with Gasteiger partial charge >= 0.3 is 5.69 Å². The number of anilines is 2. The van der Waals surface area contributed by atoms with Crippen LogP contribution in [0.5, 0.6) is 0 Å². The van der Waals surface area contributed by atoms with Crippen molar-refractivity contribution in [2.75, 3.05) is 18.1 Å². The lowest BCUT2D eigenvalue weighted by atomic mass is 10.0. The summed E-state index contributed by atoms with van der Waals surface area (Å²) in [5, 5.41) is 10.1. The molecule has 8 heteroatoms. The first kappa shape index (κ1) is 20.0. The van der Waals surface area contributed by atoms with Crippen LogP contribution in [0.1, 0.15) is 25.0 Å². The maximum absolute atomic E-state index is 14.3. The number of benzene rings is 2. The van der Waals surface area contributed by atoms with Crippen LogP contribution in [0.3, 0.4) is 0 Å². The second-order valence-electron chi connectivity index (χ2n) is 7.49. The van der Waals surface area contributed by atoms with E-state index in [2.05, 4.69) is 21.8 Å². The van der Waals surface area contributed by atoms with Crippen molar-refractivity contribution < 1.29 is 18.6 Å². The maximum atomic E-state index is 14.3. The zero-order valence-electron chi connectivity index (χ0n) is 16.4. The van der Waals surface area contributed by atoms with Gasteiger partial charge in [-0.05, 0) is 32.0 Å². The highest BCUT2D eigenvalue weighted by Crippen LogP contribution is 2.35. The average Bonchev–Trinajstić information content (AvgIpc) is 2.89. The number of H-pyrrole nitrogens is 1. The molecule has 0 bridgehead atoms. The predicted molar refractivity (Wildman–Crippen MR) is 109 cm³/mol. The number of fused-ring (bicyclic) bond motifs is 2. The molecule has 2 aromatic carbocycles. The molecule has 0 radical (unpaired) electrons. The van der Waals surface area contributed by atoms with Crippen LogP contribution >= 0.6 is 0 Å². The Morgan fingerprint density at radius 3 is 2.87 bits per heavy atom. The van der Waals surface area contributed by atoms with Gasteiger partial charge < -0.3 is 19.7 Å². The van der Waals surface area contributed by atoms with Crippen molar-refractivity contribution in [3.05, 3.63) is 63.6 Å². The molecule has 0 unspecified atom stereocenters. The molecule has 154 valence electrons. The Hall–Kier alpha value is -3.28. The van der Waals surface area contributed by atoms with Crippen LogP contribution in [0.2, 0.25) is 0 Å². The molecule has 2 heterocycles. The third kappa shape index (κ3) is 3.90. The van der Waals surface area contributed by atoms with Crippen molar-refractivity contribution in [3.8, 4) is 11.8 Å². The third-order valence-corrected chi connectivity index (χ3v) is 4.64. The summed E-state index contributed by atoms with van der Waals surface area (Å²) in [6, 6.07) is 7.24. The van der Waals surface area contributed by atoms with Crippen LogP contribution in [0.4, 0.5) is 20.3 Å².